The summed E-state index contributed by atoms with van der Waals surface area (Å²) in [7, 11) is -3.68. The first-order chi connectivity index (χ1) is 12.1. The SMILES string of the molecule is CC(C)(C)NS(=O)(=O)c1cccc(NC(=O)C(N)Cc2ccccc2)c1. The molecule has 2 aromatic rings. The largest absolute Gasteiger partial charge is 0.325 e. The first kappa shape index (κ1) is 20.1. The number of hydrogen-bond donors (Lipinski definition) is 3. The molecule has 0 aliphatic heterocycles. The van der Waals surface area contributed by atoms with Crippen LogP contribution in [0.3, 0.4) is 0 Å². The van der Waals surface area contributed by atoms with Gasteiger partial charge in [0.2, 0.25) is 15.9 Å². The van der Waals surface area contributed by atoms with E-state index >= 15 is 0 Å². The van der Waals surface area contributed by atoms with Gasteiger partial charge in [-0.15, -0.1) is 0 Å². The van der Waals surface area contributed by atoms with Gasteiger partial charge in [-0.1, -0.05) is 36.4 Å². The third-order valence-corrected chi connectivity index (χ3v) is 5.24. The van der Waals surface area contributed by atoms with Gasteiger partial charge in [0.05, 0.1) is 10.9 Å². The average Bonchev–Trinajstić information content (AvgIpc) is 2.54. The van der Waals surface area contributed by atoms with E-state index in [4.69, 9.17) is 5.73 Å². The number of nitrogens with one attached hydrogen (secondary N) is 2. The lowest BCUT2D eigenvalue weighted by molar-refractivity contribution is -0.117. The Balaban J connectivity index is 2.09. The zero-order valence-corrected chi connectivity index (χ0v) is 16.0. The predicted molar refractivity (Wildman–Crippen MR) is 103 cm³/mol. The highest BCUT2D eigenvalue weighted by atomic mass is 32.2. The molecular weight excluding hydrogens is 350 g/mol. The highest BCUT2D eigenvalue weighted by molar-refractivity contribution is 7.89. The minimum absolute atomic E-state index is 0.0851. The summed E-state index contributed by atoms with van der Waals surface area (Å²) in [6, 6.07) is 14.8. The minimum Gasteiger partial charge on any atom is -0.325 e. The van der Waals surface area contributed by atoms with E-state index in [9.17, 15) is 13.2 Å². The molecule has 0 aliphatic carbocycles. The molecular formula is C19H25N3O3S. The van der Waals surface area contributed by atoms with Crippen LogP contribution >= 0.6 is 0 Å². The second kappa shape index (κ2) is 7.99. The molecule has 26 heavy (non-hydrogen) atoms. The molecule has 0 radical (unpaired) electrons. The van der Waals surface area contributed by atoms with Gasteiger partial charge in [-0.25, -0.2) is 13.1 Å². The standard InChI is InChI=1S/C19H25N3O3S/c1-19(2,3)22-26(24,25)16-11-7-10-15(13-16)21-18(23)17(20)12-14-8-5-4-6-9-14/h4-11,13,17,22H,12,20H2,1-3H3,(H,21,23). The van der Waals surface area contributed by atoms with Crippen molar-refractivity contribution in [2.75, 3.05) is 5.32 Å². The van der Waals surface area contributed by atoms with Crippen molar-refractivity contribution in [2.45, 2.75) is 43.7 Å². The molecule has 0 heterocycles. The van der Waals surface area contributed by atoms with Crippen LogP contribution in [0.2, 0.25) is 0 Å². The molecule has 0 aliphatic rings. The van der Waals surface area contributed by atoms with Crippen molar-refractivity contribution in [2.24, 2.45) is 5.73 Å². The van der Waals surface area contributed by atoms with Gasteiger partial charge in [0.25, 0.3) is 0 Å². The van der Waals surface area contributed by atoms with Crippen LogP contribution in [0.4, 0.5) is 5.69 Å². The molecule has 7 heteroatoms. The lowest BCUT2D eigenvalue weighted by atomic mass is 10.1. The van der Waals surface area contributed by atoms with Gasteiger partial charge in [0.15, 0.2) is 0 Å². The molecule has 0 aromatic heterocycles. The van der Waals surface area contributed by atoms with Gasteiger partial charge in [-0.05, 0) is 51.0 Å². The van der Waals surface area contributed by atoms with Gasteiger partial charge in [0.1, 0.15) is 0 Å². The van der Waals surface area contributed by atoms with E-state index in [0.29, 0.717) is 12.1 Å². The lowest BCUT2D eigenvalue weighted by Gasteiger charge is -2.20. The smallest absolute Gasteiger partial charge is 0.241 e. The van der Waals surface area contributed by atoms with Crippen LogP contribution in [-0.2, 0) is 21.2 Å². The van der Waals surface area contributed by atoms with Crippen LogP contribution in [0.15, 0.2) is 59.5 Å². The Kier molecular flexibility index (Phi) is 6.17. The van der Waals surface area contributed by atoms with Crippen LogP contribution in [-0.4, -0.2) is 25.9 Å². The summed E-state index contributed by atoms with van der Waals surface area (Å²) in [6.07, 6.45) is 0.399. The Hall–Kier alpha value is -2.22. The molecule has 1 amide bonds. The quantitative estimate of drug-likeness (QED) is 0.721. The summed E-state index contributed by atoms with van der Waals surface area (Å²) in [5.74, 6) is -0.368. The first-order valence-corrected chi connectivity index (χ1v) is 9.79. The van der Waals surface area contributed by atoms with Crippen molar-refractivity contribution in [1.29, 1.82) is 0 Å². The van der Waals surface area contributed by atoms with E-state index < -0.39 is 21.6 Å². The molecule has 4 N–H and O–H groups in total. The maximum atomic E-state index is 12.4. The van der Waals surface area contributed by atoms with Crippen molar-refractivity contribution in [3.8, 4) is 0 Å². The fourth-order valence-corrected chi connectivity index (χ4v) is 3.86. The van der Waals surface area contributed by atoms with Gasteiger partial charge >= 0.3 is 0 Å². The third kappa shape index (κ3) is 5.94. The van der Waals surface area contributed by atoms with Gasteiger partial charge < -0.3 is 11.1 Å². The Morgan fingerprint density at radius 2 is 1.73 bits per heavy atom. The van der Waals surface area contributed by atoms with Crippen molar-refractivity contribution < 1.29 is 13.2 Å². The molecule has 0 saturated heterocycles. The Labute approximate surface area is 154 Å². The second-order valence-corrected chi connectivity index (χ2v) is 8.85. The molecule has 0 bridgehead atoms. The molecule has 140 valence electrons. The molecule has 6 nitrogen and oxygen atoms in total. The molecule has 1 atom stereocenters. The highest BCUT2D eigenvalue weighted by Gasteiger charge is 2.22. The van der Waals surface area contributed by atoms with Crippen molar-refractivity contribution in [1.82, 2.24) is 4.72 Å². The summed E-state index contributed by atoms with van der Waals surface area (Å²) in [5, 5.41) is 2.68. The van der Waals surface area contributed by atoms with Crippen LogP contribution in [0, 0.1) is 0 Å². The number of amides is 1. The third-order valence-electron chi connectivity index (χ3n) is 3.49. The number of hydrogen-bond acceptors (Lipinski definition) is 4. The Morgan fingerprint density at radius 3 is 2.35 bits per heavy atom. The topological polar surface area (TPSA) is 101 Å². The minimum atomic E-state index is -3.68. The maximum Gasteiger partial charge on any atom is 0.241 e. The maximum absolute atomic E-state index is 12.4. The number of carbonyl (C=O) groups excluding carboxylic acids is 1. The van der Waals surface area contributed by atoms with Crippen LogP contribution in [0.25, 0.3) is 0 Å². The van der Waals surface area contributed by atoms with Gasteiger partial charge in [0, 0.05) is 11.2 Å². The zero-order chi connectivity index (χ0) is 19.4. The fourth-order valence-electron chi connectivity index (χ4n) is 2.40. The molecule has 2 aromatic carbocycles. The summed E-state index contributed by atoms with van der Waals surface area (Å²) < 4.78 is 27.4. The van der Waals surface area contributed by atoms with Crippen LogP contribution in [0.5, 0.6) is 0 Å². The normalized spacial score (nSPS) is 13.2. The van der Waals surface area contributed by atoms with Gasteiger partial charge in [-0.2, -0.15) is 0 Å². The van der Waals surface area contributed by atoms with E-state index in [2.05, 4.69) is 10.0 Å². The van der Waals surface area contributed by atoms with E-state index in [1.807, 2.05) is 30.3 Å². The van der Waals surface area contributed by atoms with Crippen LogP contribution in [0.1, 0.15) is 26.3 Å². The number of sulfonamides is 1. The fraction of sp³-hybridized carbons (Fsp3) is 0.316. The van der Waals surface area contributed by atoms with Gasteiger partial charge in [-0.3, -0.25) is 4.79 Å². The summed E-state index contributed by atoms with van der Waals surface area (Å²) in [6.45, 7) is 5.29. The first-order valence-electron chi connectivity index (χ1n) is 8.31. The van der Waals surface area contributed by atoms with E-state index in [1.165, 1.54) is 12.1 Å². The number of carbonyl (C=O) groups is 1. The van der Waals surface area contributed by atoms with Crippen molar-refractivity contribution in [3.05, 3.63) is 60.2 Å². The van der Waals surface area contributed by atoms with Crippen LogP contribution < -0.4 is 15.8 Å². The van der Waals surface area contributed by atoms with Crippen molar-refractivity contribution >= 4 is 21.6 Å². The molecule has 0 spiro atoms. The lowest BCUT2D eigenvalue weighted by Crippen LogP contribution is -2.40. The Bertz CT molecular complexity index is 859. The number of rotatable bonds is 6. The Morgan fingerprint density at radius 1 is 1.08 bits per heavy atom. The number of anilines is 1. The summed E-state index contributed by atoms with van der Waals surface area (Å²) >= 11 is 0. The summed E-state index contributed by atoms with van der Waals surface area (Å²) in [4.78, 5) is 12.4. The number of benzene rings is 2. The predicted octanol–water partition coefficient (Wildman–Crippen LogP) is 2.27. The molecule has 2 rings (SSSR count). The monoisotopic (exact) mass is 375 g/mol. The molecule has 0 fully saturated rings. The molecule has 1 unspecified atom stereocenters. The van der Waals surface area contributed by atoms with E-state index in [1.54, 1.807) is 32.9 Å². The highest BCUT2D eigenvalue weighted by Crippen LogP contribution is 2.18. The average molecular weight is 375 g/mol. The second-order valence-electron chi connectivity index (χ2n) is 7.17. The van der Waals surface area contributed by atoms with E-state index in [0.717, 1.165) is 5.56 Å². The van der Waals surface area contributed by atoms with E-state index in [-0.39, 0.29) is 10.8 Å². The van der Waals surface area contributed by atoms with Crippen molar-refractivity contribution in [3.63, 3.8) is 0 Å². The molecule has 0 saturated carbocycles. The zero-order valence-electron chi connectivity index (χ0n) is 15.2. The number of nitrogens with two attached hydrogens (primary N) is 1. The summed E-state index contributed by atoms with van der Waals surface area (Å²) in [5.41, 5.74) is 6.70.